The lowest BCUT2D eigenvalue weighted by molar-refractivity contribution is -0.0190. The van der Waals surface area contributed by atoms with E-state index >= 15 is 0 Å². The molecule has 0 radical (unpaired) electrons. The second kappa shape index (κ2) is 6.54. The second-order valence-electron chi connectivity index (χ2n) is 7.07. The summed E-state index contributed by atoms with van der Waals surface area (Å²) in [4.78, 5) is 0. The molecule has 134 valence electrons. The van der Waals surface area contributed by atoms with Crippen molar-refractivity contribution >= 4 is 21.6 Å². The minimum absolute atomic E-state index is 0.194. The molecule has 0 saturated carbocycles. The lowest BCUT2D eigenvalue weighted by atomic mass is 9.95. The first kappa shape index (κ1) is 16.6. The minimum Gasteiger partial charge on any atom is -0.464 e. The molecule has 0 spiro atoms. The van der Waals surface area contributed by atoms with E-state index in [1.54, 1.807) is 0 Å². The maximum atomic E-state index is 6.38. The Morgan fingerprint density at radius 1 is 0.963 bits per heavy atom. The molecular weight excluding hydrogens is 400 g/mol. The van der Waals surface area contributed by atoms with E-state index < -0.39 is 0 Å². The summed E-state index contributed by atoms with van der Waals surface area (Å²) in [5.74, 6) is 0.951. The Balaban J connectivity index is 1.58. The molecule has 0 bridgehead atoms. The topological polar surface area (TPSA) is 24.8 Å². The van der Waals surface area contributed by atoms with Gasteiger partial charge in [-0.25, -0.2) is 5.01 Å². The average Bonchev–Trinajstić information content (AvgIpc) is 3.14. The van der Waals surface area contributed by atoms with Crippen molar-refractivity contribution in [3.8, 4) is 5.75 Å². The molecule has 3 aromatic carbocycles. The van der Waals surface area contributed by atoms with Crippen LogP contribution in [0.1, 0.15) is 40.9 Å². The summed E-state index contributed by atoms with van der Waals surface area (Å²) in [6, 6.07) is 25.4. The fourth-order valence-corrected chi connectivity index (χ4v) is 4.07. The smallest absolute Gasteiger partial charge is 0.213 e. The molecule has 3 aromatic rings. The van der Waals surface area contributed by atoms with E-state index in [1.165, 1.54) is 16.7 Å². The number of nitrogens with zero attached hydrogens (tertiary/aromatic N) is 2. The number of ether oxygens (including phenoxy) is 1. The zero-order chi connectivity index (χ0) is 18.4. The highest BCUT2D eigenvalue weighted by atomic mass is 79.9. The van der Waals surface area contributed by atoms with E-state index in [0.29, 0.717) is 0 Å². The molecule has 2 aliphatic rings. The monoisotopic (exact) mass is 418 g/mol. The zero-order valence-corrected chi connectivity index (χ0v) is 16.6. The van der Waals surface area contributed by atoms with Gasteiger partial charge in [-0.05, 0) is 30.7 Å². The molecule has 27 heavy (non-hydrogen) atoms. The molecule has 0 saturated heterocycles. The summed E-state index contributed by atoms with van der Waals surface area (Å²) < 4.78 is 7.44. The fourth-order valence-electron chi connectivity index (χ4n) is 3.80. The maximum Gasteiger partial charge on any atom is 0.213 e. The predicted molar refractivity (Wildman–Crippen MR) is 111 cm³/mol. The Morgan fingerprint density at radius 2 is 1.70 bits per heavy atom. The molecule has 0 amide bonds. The highest BCUT2D eigenvalue weighted by molar-refractivity contribution is 9.10. The average molecular weight is 419 g/mol. The first-order chi connectivity index (χ1) is 13.2. The van der Waals surface area contributed by atoms with Gasteiger partial charge in [0.25, 0.3) is 0 Å². The quantitative estimate of drug-likeness (QED) is 0.509. The van der Waals surface area contributed by atoms with E-state index in [4.69, 9.17) is 9.84 Å². The Labute approximate surface area is 167 Å². The Kier molecular flexibility index (Phi) is 4.01. The molecule has 4 heteroatoms. The summed E-state index contributed by atoms with van der Waals surface area (Å²) in [7, 11) is 0. The van der Waals surface area contributed by atoms with E-state index in [9.17, 15) is 0 Å². The number of benzene rings is 3. The number of aryl methyl sites for hydroxylation is 1. The summed E-state index contributed by atoms with van der Waals surface area (Å²) in [5.41, 5.74) is 5.87. The van der Waals surface area contributed by atoms with Crippen LogP contribution in [0.5, 0.6) is 5.75 Å². The summed E-state index contributed by atoms with van der Waals surface area (Å²) in [5, 5.41) is 7.13. The van der Waals surface area contributed by atoms with Gasteiger partial charge in [-0.3, -0.25) is 0 Å². The van der Waals surface area contributed by atoms with Crippen LogP contribution in [0.25, 0.3) is 0 Å². The molecule has 0 N–H and O–H groups in total. The van der Waals surface area contributed by atoms with E-state index in [1.807, 2.05) is 6.07 Å². The third-order valence-corrected chi connectivity index (χ3v) is 5.77. The van der Waals surface area contributed by atoms with E-state index in [2.05, 4.69) is 94.6 Å². The van der Waals surface area contributed by atoms with Gasteiger partial charge >= 0.3 is 0 Å². The molecule has 2 aliphatic heterocycles. The molecular formula is C23H19BrN2O. The zero-order valence-electron chi connectivity index (χ0n) is 15.0. The van der Waals surface area contributed by atoms with Gasteiger partial charge in [-0.1, -0.05) is 76.1 Å². The number of para-hydroxylation sites is 1. The third kappa shape index (κ3) is 2.94. The molecule has 2 heterocycles. The van der Waals surface area contributed by atoms with Crippen molar-refractivity contribution < 1.29 is 4.74 Å². The third-order valence-electron chi connectivity index (χ3n) is 5.24. The Bertz CT molecular complexity index is 1010. The number of fused-ring (bicyclic) bond motifs is 3. The lowest BCUT2D eigenvalue weighted by Gasteiger charge is -2.38. The van der Waals surface area contributed by atoms with Crippen LogP contribution >= 0.6 is 15.9 Å². The van der Waals surface area contributed by atoms with Gasteiger partial charge in [0.15, 0.2) is 0 Å². The van der Waals surface area contributed by atoms with Crippen LogP contribution < -0.4 is 4.74 Å². The normalized spacial score (nSPS) is 20.5. The Hall–Kier alpha value is -2.59. The van der Waals surface area contributed by atoms with Crippen LogP contribution in [-0.2, 0) is 0 Å². The van der Waals surface area contributed by atoms with Crippen molar-refractivity contribution in [2.24, 2.45) is 5.10 Å². The van der Waals surface area contributed by atoms with Crippen LogP contribution in [0.3, 0.4) is 0 Å². The highest BCUT2D eigenvalue weighted by Gasteiger charge is 2.40. The number of hydrazone groups is 1. The molecule has 0 unspecified atom stereocenters. The van der Waals surface area contributed by atoms with Crippen LogP contribution in [-0.4, -0.2) is 10.7 Å². The van der Waals surface area contributed by atoms with Crippen molar-refractivity contribution in [3.05, 3.63) is 99.5 Å². The number of hydrogen-bond acceptors (Lipinski definition) is 3. The predicted octanol–water partition coefficient (Wildman–Crippen LogP) is 6.00. The van der Waals surface area contributed by atoms with Gasteiger partial charge in [0.2, 0.25) is 6.23 Å². The molecule has 0 aromatic heterocycles. The number of hydrogen-bond donors (Lipinski definition) is 0. The van der Waals surface area contributed by atoms with Gasteiger partial charge < -0.3 is 4.74 Å². The molecule has 0 aliphatic carbocycles. The van der Waals surface area contributed by atoms with Crippen molar-refractivity contribution in [1.82, 2.24) is 5.01 Å². The van der Waals surface area contributed by atoms with Gasteiger partial charge in [0, 0.05) is 22.0 Å². The van der Waals surface area contributed by atoms with Gasteiger partial charge in [0.05, 0.1) is 11.8 Å². The van der Waals surface area contributed by atoms with E-state index in [-0.39, 0.29) is 12.3 Å². The van der Waals surface area contributed by atoms with Crippen LogP contribution in [0.15, 0.2) is 82.4 Å². The standard InChI is InChI=1S/C23H19BrN2O/c1-15-6-8-16(9-7-15)20-14-21-19-4-2-3-5-22(19)27-23(26(21)25-20)17-10-12-18(24)13-11-17/h2-13,21,23H,14H2,1H3/t21-,23+/m1/s1. The largest absolute Gasteiger partial charge is 0.464 e. The minimum atomic E-state index is -0.221. The van der Waals surface area contributed by atoms with Gasteiger partial charge in [-0.15, -0.1) is 0 Å². The molecule has 0 fully saturated rings. The van der Waals surface area contributed by atoms with Gasteiger partial charge in [0.1, 0.15) is 5.75 Å². The summed E-state index contributed by atoms with van der Waals surface area (Å²) in [6.07, 6.45) is 0.664. The number of halogens is 1. The van der Waals surface area contributed by atoms with Crippen LogP contribution in [0.2, 0.25) is 0 Å². The Morgan fingerprint density at radius 3 is 2.48 bits per heavy atom. The first-order valence-corrected chi connectivity index (χ1v) is 9.92. The van der Waals surface area contributed by atoms with Gasteiger partial charge in [-0.2, -0.15) is 5.10 Å². The number of rotatable bonds is 2. The van der Waals surface area contributed by atoms with E-state index in [0.717, 1.165) is 27.9 Å². The van der Waals surface area contributed by atoms with Crippen LogP contribution in [0.4, 0.5) is 0 Å². The first-order valence-electron chi connectivity index (χ1n) is 9.13. The lowest BCUT2D eigenvalue weighted by Crippen LogP contribution is -2.33. The van der Waals surface area contributed by atoms with Crippen molar-refractivity contribution in [1.29, 1.82) is 0 Å². The molecule has 2 atom stereocenters. The fraction of sp³-hybridized carbons (Fsp3) is 0.174. The second-order valence-corrected chi connectivity index (χ2v) is 7.99. The molecule has 5 rings (SSSR count). The SMILES string of the molecule is Cc1ccc(C2=NN3[C@H](C2)c2ccccc2O[C@H]3c2ccc(Br)cc2)cc1. The summed E-state index contributed by atoms with van der Waals surface area (Å²) >= 11 is 3.52. The summed E-state index contributed by atoms with van der Waals surface area (Å²) in [6.45, 7) is 2.11. The molecule has 3 nitrogen and oxygen atoms in total. The van der Waals surface area contributed by atoms with Crippen molar-refractivity contribution in [2.75, 3.05) is 0 Å². The highest BCUT2D eigenvalue weighted by Crippen LogP contribution is 2.47. The van der Waals surface area contributed by atoms with Crippen molar-refractivity contribution in [2.45, 2.75) is 25.6 Å². The van der Waals surface area contributed by atoms with Crippen LogP contribution in [0, 0.1) is 6.92 Å². The van der Waals surface area contributed by atoms with Crippen molar-refractivity contribution in [3.63, 3.8) is 0 Å². The maximum absolute atomic E-state index is 6.38.